The number of imide groups is 1. The first kappa shape index (κ1) is 19.5. The first-order valence-electron chi connectivity index (χ1n) is 8.01. The summed E-state index contributed by atoms with van der Waals surface area (Å²) in [7, 11) is 0. The van der Waals surface area contributed by atoms with Crippen molar-refractivity contribution in [2.75, 3.05) is 31.9 Å². The maximum Gasteiger partial charge on any atom is 0.288 e. The minimum Gasteiger partial charge on any atom is -0.354 e. The Kier molecular flexibility index (Phi) is 8.68. The first-order valence-corrected chi connectivity index (χ1v) is 8.99. The van der Waals surface area contributed by atoms with E-state index in [2.05, 4.69) is 5.32 Å². The van der Waals surface area contributed by atoms with Crippen LogP contribution in [-0.2, 0) is 14.4 Å². The summed E-state index contributed by atoms with van der Waals surface area (Å²) in [5.74, 6) is -0.297. The van der Waals surface area contributed by atoms with Crippen LogP contribution in [0.1, 0.15) is 39.5 Å². The third-order valence-corrected chi connectivity index (χ3v) is 4.26. The second-order valence-electron chi connectivity index (χ2n) is 5.33. The van der Waals surface area contributed by atoms with E-state index in [9.17, 15) is 19.2 Å². The molecule has 0 bridgehead atoms. The Bertz CT molecular complexity index is 434. The lowest BCUT2D eigenvalue weighted by Gasteiger charge is -2.21. The molecule has 0 atom stereocenters. The number of carbonyl (C=O) groups excluding carboxylic acids is 4. The maximum absolute atomic E-state index is 12.0. The summed E-state index contributed by atoms with van der Waals surface area (Å²) in [5.41, 5.74) is 0. The van der Waals surface area contributed by atoms with E-state index in [0.717, 1.165) is 29.5 Å². The molecule has 7 nitrogen and oxygen atoms in total. The standard InChI is InChI=1S/C15H25N3O4S/c1-3-8-17(9-4-2)13(20)6-5-12(19)16-7-10-18-14(21)11-23-15(18)22/h3-11H2,1-2H3,(H,16,19). The molecule has 1 saturated heterocycles. The number of rotatable bonds is 10. The first-order chi connectivity index (χ1) is 11.0. The summed E-state index contributed by atoms with van der Waals surface area (Å²) in [4.78, 5) is 49.5. The molecule has 0 radical (unpaired) electrons. The number of thioether (sulfide) groups is 1. The average molecular weight is 343 g/mol. The van der Waals surface area contributed by atoms with Crippen LogP contribution < -0.4 is 5.32 Å². The summed E-state index contributed by atoms with van der Waals surface area (Å²) in [6.07, 6.45) is 2.10. The van der Waals surface area contributed by atoms with Gasteiger partial charge in [0.15, 0.2) is 0 Å². The highest BCUT2D eigenvalue weighted by atomic mass is 32.2. The molecule has 1 heterocycles. The quantitative estimate of drug-likeness (QED) is 0.645. The van der Waals surface area contributed by atoms with Crippen LogP contribution in [0.4, 0.5) is 4.79 Å². The molecule has 0 spiro atoms. The van der Waals surface area contributed by atoms with Crippen LogP contribution in [0.3, 0.4) is 0 Å². The predicted molar refractivity (Wildman–Crippen MR) is 89.0 cm³/mol. The number of hydrogen-bond acceptors (Lipinski definition) is 5. The van der Waals surface area contributed by atoms with Crippen molar-refractivity contribution in [3.63, 3.8) is 0 Å². The molecule has 1 N–H and O–H groups in total. The Morgan fingerprint density at radius 3 is 2.35 bits per heavy atom. The lowest BCUT2D eigenvalue weighted by molar-refractivity contribution is -0.133. The normalized spacial score (nSPS) is 14.3. The summed E-state index contributed by atoms with van der Waals surface area (Å²) >= 11 is 0.973. The minimum atomic E-state index is -0.269. The molecule has 0 aromatic rings. The number of nitrogens with one attached hydrogen (secondary N) is 1. The van der Waals surface area contributed by atoms with Crippen LogP contribution in [0, 0.1) is 0 Å². The number of hydrogen-bond donors (Lipinski definition) is 1. The van der Waals surface area contributed by atoms with Gasteiger partial charge in [-0.3, -0.25) is 24.1 Å². The molecule has 1 aliphatic heterocycles. The van der Waals surface area contributed by atoms with Gasteiger partial charge in [-0.1, -0.05) is 25.6 Å². The van der Waals surface area contributed by atoms with Crippen molar-refractivity contribution < 1.29 is 19.2 Å². The third kappa shape index (κ3) is 6.60. The van der Waals surface area contributed by atoms with E-state index < -0.39 is 0 Å². The lowest BCUT2D eigenvalue weighted by Crippen LogP contribution is -2.38. The van der Waals surface area contributed by atoms with Gasteiger partial charge in [0.25, 0.3) is 5.24 Å². The Labute approximate surface area is 141 Å². The molecule has 8 heteroatoms. The van der Waals surface area contributed by atoms with Gasteiger partial charge in [0, 0.05) is 39.0 Å². The lowest BCUT2D eigenvalue weighted by atomic mass is 10.2. The molecule has 0 unspecified atom stereocenters. The highest BCUT2D eigenvalue weighted by Crippen LogP contribution is 2.17. The van der Waals surface area contributed by atoms with Crippen molar-refractivity contribution in [1.29, 1.82) is 0 Å². The number of amides is 4. The van der Waals surface area contributed by atoms with E-state index in [1.165, 1.54) is 0 Å². The second-order valence-corrected chi connectivity index (χ2v) is 6.26. The molecular weight excluding hydrogens is 318 g/mol. The van der Waals surface area contributed by atoms with Gasteiger partial charge in [-0.05, 0) is 12.8 Å². The fraction of sp³-hybridized carbons (Fsp3) is 0.733. The van der Waals surface area contributed by atoms with E-state index in [0.29, 0.717) is 13.1 Å². The second kappa shape index (κ2) is 10.3. The predicted octanol–water partition coefficient (Wildman–Crippen LogP) is 1.23. The van der Waals surface area contributed by atoms with Crippen LogP contribution in [0.15, 0.2) is 0 Å². The summed E-state index contributed by atoms with van der Waals surface area (Å²) in [6.45, 7) is 5.86. The molecule has 0 aromatic heterocycles. The van der Waals surface area contributed by atoms with Crippen molar-refractivity contribution in [3.8, 4) is 0 Å². The zero-order chi connectivity index (χ0) is 17.2. The average Bonchev–Trinajstić information content (AvgIpc) is 2.84. The zero-order valence-electron chi connectivity index (χ0n) is 13.8. The molecule has 1 rings (SSSR count). The molecule has 0 saturated carbocycles. The van der Waals surface area contributed by atoms with Crippen LogP contribution in [0.2, 0.25) is 0 Å². The molecule has 4 amide bonds. The highest BCUT2D eigenvalue weighted by molar-refractivity contribution is 8.14. The van der Waals surface area contributed by atoms with E-state index in [-0.39, 0.29) is 54.6 Å². The fourth-order valence-corrected chi connectivity index (χ4v) is 3.02. The van der Waals surface area contributed by atoms with E-state index in [1.54, 1.807) is 4.90 Å². The molecule has 1 fully saturated rings. The maximum atomic E-state index is 12.0. The van der Waals surface area contributed by atoms with Crippen LogP contribution in [0.25, 0.3) is 0 Å². The van der Waals surface area contributed by atoms with Crippen molar-refractivity contribution in [3.05, 3.63) is 0 Å². The molecule has 1 aliphatic rings. The van der Waals surface area contributed by atoms with Crippen molar-refractivity contribution >= 4 is 34.7 Å². The van der Waals surface area contributed by atoms with Crippen molar-refractivity contribution in [1.82, 2.24) is 15.1 Å². The smallest absolute Gasteiger partial charge is 0.288 e. The van der Waals surface area contributed by atoms with Gasteiger partial charge < -0.3 is 10.2 Å². The summed E-state index contributed by atoms with van der Waals surface area (Å²) in [5, 5.41) is 2.37. The largest absolute Gasteiger partial charge is 0.354 e. The van der Waals surface area contributed by atoms with Crippen LogP contribution in [0.5, 0.6) is 0 Å². The summed E-state index contributed by atoms with van der Waals surface area (Å²) in [6, 6.07) is 0. The molecule has 23 heavy (non-hydrogen) atoms. The van der Waals surface area contributed by atoms with Gasteiger partial charge in [0.05, 0.1) is 5.75 Å². The topological polar surface area (TPSA) is 86.8 Å². The van der Waals surface area contributed by atoms with Crippen LogP contribution in [-0.4, -0.2) is 64.7 Å². The van der Waals surface area contributed by atoms with Gasteiger partial charge in [-0.25, -0.2) is 0 Å². The van der Waals surface area contributed by atoms with Gasteiger partial charge in [0.1, 0.15) is 0 Å². The Morgan fingerprint density at radius 1 is 1.17 bits per heavy atom. The monoisotopic (exact) mass is 343 g/mol. The van der Waals surface area contributed by atoms with Crippen molar-refractivity contribution in [2.45, 2.75) is 39.5 Å². The molecule has 0 aromatic carbocycles. The Hall–Kier alpha value is -1.57. The fourth-order valence-electron chi connectivity index (χ4n) is 2.27. The molecule has 0 aliphatic carbocycles. The Balaban J connectivity index is 2.24. The van der Waals surface area contributed by atoms with Gasteiger partial charge >= 0.3 is 0 Å². The van der Waals surface area contributed by atoms with E-state index in [4.69, 9.17) is 0 Å². The van der Waals surface area contributed by atoms with Gasteiger partial charge in [-0.2, -0.15) is 0 Å². The van der Waals surface area contributed by atoms with Crippen LogP contribution >= 0.6 is 11.8 Å². The Morgan fingerprint density at radius 2 is 1.83 bits per heavy atom. The number of carbonyl (C=O) groups is 4. The van der Waals surface area contributed by atoms with E-state index in [1.807, 2.05) is 13.8 Å². The minimum absolute atomic E-state index is 0.00912. The SMILES string of the molecule is CCCN(CCC)C(=O)CCC(=O)NCCN1C(=O)CSC1=O. The van der Waals surface area contributed by atoms with E-state index >= 15 is 0 Å². The molecule has 130 valence electrons. The van der Waals surface area contributed by atoms with Gasteiger partial charge in [-0.15, -0.1) is 0 Å². The third-order valence-electron chi connectivity index (χ3n) is 3.40. The van der Waals surface area contributed by atoms with Crippen molar-refractivity contribution in [2.24, 2.45) is 0 Å². The molecular formula is C15H25N3O4S. The summed E-state index contributed by atoms with van der Waals surface area (Å²) < 4.78 is 0. The number of nitrogens with zero attached hydrogens (tertiary/aromatic N) is 2. The van der Waals surface area contributed by atoms with Gasteiger partial charge in [0.2, 0.25) is 17.7 Å². The highest BCUT2D eigenvalue weighted by Gasteiger charge is 2.29. The zero-order valence-corrected chi connectivity index (χ0v) is 14.6.